The molecule has 2 N–H and O–H groups in total. The van der Waals surface area contributed by atoms with Crippen LogP contribution in [0.5, 0.6) is 0 Å². The summed E-state index contributed by atoms with van der Waals surface area (Å²) in [6, 6.07) is 16.5. The molecule has 0 aliphatic rings. The Morgan fingerprint density at radius 1 is 0.778 bits per heavy atom. The molecule has 0 fully saturated rings. The number of para-hydroxylation sites is 1. The van der Waals surface area contributed by atoms with Crippen molar-refractivity contribution in [1.82, 2.24) is 0 Å². The Labute approximate surface area is 110 Å². The lowest BCUT2D eigenvalue weighted by Crippen LogP contribution is -1.89. The van der Waals surface area contributed by atoms with Crippen molar-refractivity contribution in [3.63, 3.8) is 0 Å². The van der Waals surface area contributed by atoms with Crippen LogP contribution in [0, 0.1) is 13.8 Å². The number of aryl methyl sites for hydroxylation is 2. The molecule has 0 aromatic heterocycles. The molecule has 0 atom stereocenters. The predicted octanol–water partition coefficient (Wildman–Crippen LogP) is 4.07. The summed E-state index contributed by atoms with van der Waals surface area (Å²) in [4.78, 5) is 0. The highest BCUT2D eigenvalue weighted by molar-refractivity contribution is 5.49. The van der Waals surface area contributed by atoms with Gasteiger partial charge >= 0.3 is 0 Å². The number of rotatable bonds is 2. The summed E-state index contributed by atoms with van der Waals surface area (Å²) in [6.07, 6.45) is 0. The van der Waals surface area contributed by atoms with E-state index < -0.39 is 0 Å². The third-order valence-electron chi connectivity index (χ3n) is 2.72. The molecule has 2 aromatic rings. The summed E-state index contributed by atoms with van der Waals surface area (Å²) in [5.41, 5.74) is 4.97. The van der Waals surface area contributed by atoms with Crippen LogP contribution in [0.1, 0.15) is 11.1 Å². The second kappa shape index (κ2) is 7.38. The van der Waals surface area contributed by atoms with Crippen LogP contribution in [0.2, 0.25) is 0 Å². The maximum absolute atomic E-state index is 3.10. The first kappa shape index (κ1) is 14.1. The molecule has 0 bridgehead atoms. The van der Waals surface area contributed by atoms with Crippen molar-refractivity contribution in [3.05, 3.63) is 59.7 Å². The van der Waals surface area contributed by atoms with Crippen LogP contribution in [0.25, 0.3) is 0 Å². The lowest BCUT2D eigenvalue weighted by atomic mass is 10.2. The summed E-state index contributed by atoms with van der Waals surface area (Å²) in [5, 5.41) is 6.16. The van der Waals surface area contributed by atoms with Crippen molar-refractivity contribution < 1.29 is 0 Å². The summed E-state index contributed by atoms with van der Waals surface area (Å²) in [7, 11) is 3.86. The minimum absolute atomic E-state index is 1.18. The molecule has 0 saturated carbocycles. The highest BCUT2D eigenvalue weighted by Crippen LogP contribution is 2.10. The van der Waals surface area contributed by atoms with Crippen LogP contribution in [0.4, 0.5) is 11.4 Å². The second-order valence-electron chi connectivity index (χ2n) is 4.18. The van der Waals surface area contributed by atoms with E-state index >= 15 is 0 Å². The van der Waals surface area contributed by atoms with E-state index in [2.05, 4.69) is 48.7 Å². The maximum atomic E-state index is 3.10. The van der Waals surface area contributed by atoms with E-state index in [4.69, 9.17) is 0 Å². The molecule has 0 radical (unpaired) electrons. The Hall–Kier alpha value is -1.96. The van der Waals surface area contributed by atoms with Crippen molar-refractivity contribution >= 4 is 11.4 Å². The highest BCUT2D eigenvalue weighted by Gasteiger charge is 1.88. The van der Waals surface area contributed by atoms with E-state index in [1.54, 1.807) is 0 Å². The number of anilines is 2. The van der Waals surface area contributed by atoms with Gasteiger partial charge in [0.15, 0.2) is 0 Å². The molecule has 2 nitrogen and oxygen atoms in total. The van der Waals surface area contributed by atoms with Crippen LogP contribution in [0.15, 0.2) is 48.5 Å². The van der Waals surface area contributed by atoms with Gasteiger partial charge in [-0.05, 0) is 43.2 Å². The Bertz CT molecular complexity index is 478. The zero-order chi connectivity index (χ0) is 13.4. The fourth-order valence-corrected chi connectivity index (χ4v) is 1.65. The molecule has 0 unspecified atom stereocenters. The smallest absolute Gasteiger partial charge is 0.0367 e. The fraction of sp³-hybridized carbons (Fsp3) is 0.250. The molecule has 96 valence electrons. The quantitative estimate of drug-likeness (QED) is 0.829. The molecular formula is C16H22N2. The maximum Gasteiger partial charge on any atom is 0.0367 e. The molecule has 2 aromatic carbocycles. The summed E-state index contributed by atoms with van der Waals surface area (Å²) < 4.78 is 0. The molecule has 0 aliphatic carbocycles. The van der Waals surface area contributed by atoms with Gasteiger partial charge in [-0.15, -0.1) is 0 Å². The third kappa shape index (κ3) is 4.50. The molecule has 0 spiro atoms. The van der Waals surface area contributed by atoms with Crippen LogP contribution in [-0.2, 0) is 0 Å². The summed E-state index contributed by atoms with van der Waals surface area (Å²) >= 11 is 0. The van der Waals surface area contributed by atoms with Crippen molar-refractivity contribution in [1.29, 1.82) is 0 Å². The van der Waals surface area contributed by atoms with Crippen LogP contribution >= 0.6 is 0 Å². The highest BCUT2D eigenvalue weighted by atomic mass is 14.8. The van der Waals surface area contributed by atoms with Gasteiger partial charge in [0.25, 0.3) is 0 Å². The van der Waals surface area contributed by atoms with Gasteiger partial charge in [0.1, 0.15) is 0 Å². The lowest BCUT2D eigenvalue weighted by molar-refractivity contribution is 1.41. The standard InChI is InChI=1S/2C8H11N/c1-7-4-3-5-8(6-7)9-2;1-7-5-3-4-6-8(7)9-2/h2*3-6,9H,1-2H3. The van der Waals surface area contributed by atoms with Gasteiger partial charge in [0, 0.05) is 25.5 Å². The lowest BCUT2D eigenvalue weighted by Gasteiger charge is -2.01. The number of hydrogen-bond donors (Lipinski definition) is 2. The first-order valence-corrected chi connectivity index (χ1v) is 6.15. The molecule has 0 aliphatic heterocycles. The minimum atomic E-state index is 1.18. The number of benzene rings is 2. The Morgan fingerprint density at radius 3 is 1.94 bits per heavy atom. The minimum Gasteiger partial charge on any atom is -0.388 e. The average Bonchev–Trinajstić information content (AvgIpc) is 2.40. The van der Waals surface area contributed by atoms with Crippen LogP contribution in [-0.4, -0.2) is 14.1 Å². The van der Waals surface area contributed by atoms with Crippen molar-refractivity contribution in [2.24, 2.45) is 0 Å². The monoisotopic (exact) mass is 242 g/mol. The van der Waals surface area contributed by atoms with Crippen LogP contribution < -0.4 is 10.6 Å². The largest absolute Gasteiger partial charge is 0.388 e. The normalized spacial score (nSPS) is 9.11. The molecule has 2 heteroatoms. The van der Waals surface area contributed by atoms with E-state index in [1.165, 1.54) is 22.5 Å². The second-order valence-corrected chi connectivity index (χ2v) is 4.18. The van der Waals surface area contributed by atoms with Crippen molar-refractivity contribution in [3.8, 4) is 0 Å². The van der Waals surface area contributed by atoms with Gasteiger partial charge in [0.05, 0.1) is 0 Å². The molecule has 0 heterocycles. The third-order valence-corrected chi connectivity index (χ3v) is 2.72. The number of nitrogens with one attached hydrogen (secondary N) is 2. The van der Waals surface area contributed by atoms with E-state index in [0.717, 1.165) is 0 Å². The van der Waals surface area contributed by atoms with Gasteiger partial charge in [-0.1, -0.05) is 30.3 Å². The Kier molecular flexibility index (Phi) is 5.78. The predicted molar refractivity (Wildman–Crippen MR) is 81.5 cm³/mol. The summed E-state index contributed by atoms with van der Waals surface area (Å²) in [6.45, 7) is 4.17. The summed E-state index contributed by atoms with van der Waals surface area (Å²) in [5.74, 6) is 0. The van der Waals surface area contributed by atoms with Gasteiger partial charge in [-0.2, -0.15) is 0 Å². The van der Waals surface area contributed by atoms with Gasteiger partial charge < -0.3 is 10.6 Å². The Morgan fingerprint density at radius 2 is 1.50 bits per heavy atom. The first-order chi connectivity index (χ1) is 8.67. The molecule has 18 heavy (non-hydrogen) atoms. The zero-order valence-electron chi connectivity index (χ0n) is 11.6. The van der Waals surface area contributed by atoms with E-state index in [1.807, 2.05) is 38.4 Å². The number of hydrogen-bond acceptors (Lipinski definition) is 2. The van der Waals surface area contributed by atoms with Crippen LogP contribution in [0.3, 0.4) is 0 Å². The SMILES string of the molecule is CNc1cccc(C)c1.CNc1ccccc1C. The molecule has 0 saturated heterocycles. The first-order valence-electron chi connectivity index (χ1n) is 6.15. The van der Waals surface area contributed by atoms with E-state index in [9.17, 15) is 0 Å². The molecule has 0 amide bonds. The van der Waals surface area contributed by atoms with Gasteiger partial charge in [-0.25, -0.2) is 0 Å². The van der Waals surface area contributed by atoms with Gasteiger partial charge in [0.2, 0.25) is 0 Å². The zero-order valence-corrected chi connectivity index (χ0v) is 11.6. The molecular weight excluding hydrogens is 220 g/mol. The van der Waals surface area contributed by atoms with Gasteiger partial charge in [-0.3, -0.25) is 0 Å². The van der Waals surface area contributed by atoms with E-state index in [-0.39, 0.29) is 0 Å². The fourth-order valence-electron chi connectivity index (χ4n) is 1.65. The molecule has 2 rings (SSSR count). The Balaban J connectivity index is 0.000000180. The average molecular weight is 242 g/mol. The van der Waals surface area contributed by atoms with Crippen molar-refractivity contribution in [2.45, 2.75) is 13.8 Å². The topological polar surface area (TPSA) is 24.1 Å². The van der Waals surface area contributed by atoms with E-state index in [0.29, 0.717) is 0 Å². The van der Waals surface area contributed by atoms with Crippen molar-refractivity contribution in [2.75, 3.05) is 24.7 Å².